The van der Waals surface area contributed by atoms with Crippen LogP contribution in [0.3, 0.4) is 0 Å². The topological polar surface area (TPSA) is 58.4 Å². The number of nitrogen functional groups attached to an aromatic ring is 1. The van der Waals surface area contributed by atoms with Gasteiger partial charge in [-0.25, -0.2) is 0 Å². The highest BCUT2D eigenvalue weighted by molar-refractivity contribution is 5.81. The van der Waals surface area contributed by atoms with E-state index in [0.29, 0.717) is 6.04 Å². The van der Waals surface area contributed by atoms with Gasteiger partial charge in [-0.05, 0) is 50.4 Å². The predicted octanol–water partition coefficient (Wildman–Crippen LogP) is 2.15. The van der Waals surface area contributed by atoms with Crippen LogP contribution in [0.5, 0.6) is 0 Å². The summed E-state index contributed by atoms with van der Waals surface area (Å²) in [5, 5.41) is 3.08. The molecule has 0 aliphatic heterocycles. The average molecular weight is 275 g/mol. The lowest BCUT2D eigenvalue weighted by molar-refractivity contribution is -0.126. The summed E-state index contributed by atoms with van der Waals surface area (Å²) in [6, 6.07) is 8.21. The van der Waals surface area contributed by atoms with Crippen LogP contribution in [0.1, 0.15) is 38.7 Å². The zero-order valence-electron chi connectivity index (χ0n) is 12.4. The lowest BCUT2D eigenvalue weighted by Gasteiger charge is -2.28. The highest BCUT2D eigenvalue weighted by Crippen LogP contribution is 2.19. The van der Waals surface area contributed by atoms with Gasteiger partial charge in [-0.1, -0.05) is 19.1 Å². The number of rotatable bonds is 7. The first-order valence-corrected chi connectivity index (χ1v) is 7.49. The summed E-state index contributed by atoms with van der Waals surface area (Å²) in [6.45, 7) is 5.80. The summed E-state index contributed by atoms with van der Waals surface area (Å²) in [7, 11) is 0. The highest BCUT2D eigenvalue weighted by Gasteiger charge is 2.28. The highest BCUT2D eigenvalue weighted by atomic mass is 16.2. The van der Waals surface area contributed by atoms with Gasteiger partial charge in [-0.3, -0.25) is 9.69 Å². The van der Waals surface area contributed by atoms with Crippen LogP contribution in [0.15, 0.2) is 24.3 Å². The Balaban J connectivity index is 1.99. The van der Waals surface area contributed by atoms with E-state index in [1.165, 1.54) is 0 Å². The third kappa shape index (κ3) is 4.23. The van der Waals surface area contributed by atoms with Gasteiger partial charge < -0.3 is 11.1 Å². The molecule has 3 N–H and O–H groups in total. The van der Waals surface area contributed by atoms with Crippen molar-refractivity contribution in [3.05, 3.63) is 29.8 Å². The van der Waals surface area contributed by atoms with E-state index >= 15 is 0 Å². The zero-order chi connectivity index (χ0) is 14.5. The van der Waals surface area contributed by atoms with E-state index in [-0.39, 0.29) is 11.9 Å². The summed E-state index contributed by atoms with van der Waals surface area (Å²) in [6.07, 6.45) is 3.28. The molecule has 110 valence electrons. The first kappa shape index (κ1) is 14.9. The molecule has 0 bridgehead atoms. The van der Waals surface area contributed by atoms with Crippen LogP contribution < -0.4 is 11.1 Å². The number of amides is 1. The van der Waals surface area contributed by atoms with Gasteiger partial charge in [0.1, 0.15) is 0 Å². The van der Waals surface area contributed by atoms with Crippen LogP contribution >= 0.6 is 0 Å². The molecule has 1 aliphatic carbocycles. The molecular weight excluding hydrogens is 250 g/mol. The summed E-state index contributed by atoms with van der Waals surface area (Å²) < 4.78 is 0. The van der Waals surface area contributed by atoms with Crippen molar-refractivity contribution < 1.29 is 4.79 Å². The molecule has 0 aromatic heterocycles. The largest absolute Gasteiger partial charge is 0.399 e. The lowest BCUT2D eigenvalue weighted by atomic mass is 10.1. The Morgan fingerprint density at radius 1 is 1.50 bits per heavy atom. The fourth-order valence-electron chi connectivity index (χ4n) is 2.34. The Labute approximate surface area is 121 Å². The van der Waals surface area contributed by atoms with Crippen LogP contribution in [-0.2, 0) is 11.3 Å². The Bertz CT molecular complexity index is 457. The van der Waals surface area contributed by atoms with Gasteiger partial charge in [0.15, 0.2) is 0 Å². The second-order valence-electron chi connectivity index (χ2n) is 5.67. The Kier molecular flexibility index (Phi) is 5.01. The average Bonchev–Trinajstić information content (AvgIpc) is 3.21. The number of carbonyl (C=O) groups excluding carboxylic acids is 1. The molecule has 1 atom stereocenters. The smallest absolute Gasteiger partial charge is 0.237 e. The van der Waals surface area contributed by atoms with E-state index in [0.717, 1.165) is 43.6 Å². The van der Waals surface area contributed by atoms with Gasteiger partial charge in [0.2, 0.25) is 5.91 Å². The molecule has 0 spiro atoms. The van der Waals surface area contributed by atoms with Crippen molar-refractivity contribution in [3.63, 3.8) is 0 Å². The SMILES string of the molecule is CCCN(Cc1cccc(N)c1)C(C)C(=O)NC1CC1. The first-order chi connectivity index (χ1) is 9.60. The number of anilines is 1. The van der Waals surface area contributed by atoms with Crippen molar-refractivity contribution in [1.29, 1.82) is 0 Å². The van der Waals surface area contributed by atoms with Crippen molar-refractivity contribution in [2.75, 3.05) is 12.3 Å². The lowest BCUT2D eigenvalue weighted by Crippen LogP contribution is -2.45. The van der Waals surface area contributed by atoms with E-state index < -0.39 is 0 Å². The number of hydrogen-bond acceptors (Lipinski definition) is 3. The normalized spacial score (nSPS) is 16.1. The molecule has 1 fully saturated rings. The van der Waals surface area contributed by atoms with Gasteiger partial charge in [0, 0.05) is 18.3 Å². The molecule has 0 saturated heterocycles. The molecule has 1 saturated carbocycles. The minimum atomic E-state index is -0.100. The number of hydrogen-bond donors (Lipinski definition) is 2. The summed E-state index contributed by atoms with van der Waals surface area (Å²) >= 11 is 0. The molecule has 2 rings (SSSR count). The van der Waals surface area contributed by atoms with Crippen LogP contribution in [-0.4, -0.2) is 29.4 Å². The van der Waals surface area contributed by atoms with Gasteiger partial charge in [-0.2, -0.15) is 0 Å². The van der Waals surface area contributed by atoms with E-state index in [1.54, 1.807) is 0 Å². The van der Waals surface area contributed by atoms with Crippen LogP contribution in [0, 0.1) is 0 Å². The fraction of sp³-hybridized carbons (Fsp3) is 0.562. The Morgan fingerprint density at radius 3 is 2.85 bits per heavy atom. The number of carbonyl (C=O) groups is 1. The minimum absolute atomic E-state index is 0.100. The third-order valence-corrected chi connectivity index (χ3v) is 3.70. The molecule has 20 heavy (non-hydrogen) atoms. The van der Waals surface area contributed by atoms with Crippen LogP contribution in [0.2, 0.25) is 0 Å². The molecule has 4 heteroatoms. The third-order valence-electron chi connectivity index (χ3n) is 3.70. The summed E-state index contributed by atoms with van der Waals surface area (Å²) in [5.74, 6) is 0.143. The van der Waals surface area contributed by atoms with Gasteiger partial charge >= 0.3 is 0 Å². The Morgan fingerprint density at radius 2 is 2.25 bits per heavy atom. The van der Waals surface area contributed by atoms with Crippen molar-refractivity contribution in [1.82, 2.24) is 10.2 Å². The van der Waals surface area contributed by atoms with Crippen LogP contribution in [0.25, 0.3) is 0 Å². The number of nitrogens with one attached hydrogen (secondary N) is 1. The molecule has 1 aromatic rings. The monoisotopic (exact) mass is 275 g/mol. The van der Waals surface area contributed by atoms with Crippen molar-refractivity contribution in [3.8, 4) is 0 Å². The molecule has 1 aromatic carbocycles. The molecular formula is C16H25N3O. The predicted molar refractivity (Wildman–Crippen MR) is 82.2 cm³/mol. The van der Waals surface area contributed by atoms with Gasteiger partial charge in [0.05, 0.1) is 6.04 Å². The van der Waals surface area contributed by atoms with Crippen molar-refractivity contribution >= 4 is 11.6 Å². The fourth-order valence-corrected chi connectivity index (χ4v) is 2.34. The molecule has 1 amide bonds. The molecule has 0 radical (unpaired) electrons. The minimum Gasteiger partial charge on any atom is -0.399 e. The maximum atomic E-state index is 12.2. The number of benzene rings is 1. The van der Waals surface area contributed by atoms with Gasteiger partial charge in [0.25, 0.3) is 0 Å². The maximum Gasteiger partial charge on any atom is 0.237 e. The summed E-state index contributed by atoms with van der Waals surface area (Å²) in [5.41, 5.74) is 7.75. The van der Waals surface area contributed by atoms with E-state index in [1.807, 2.05) is 25.1 Å². The number of nitrogens with zero attached hydrogens (tertiary/aromatic N) is 1. The van der Waals surface area contributed by atoms with E-state index in [4.69, 9.17) is 5.73 Å². The van der Waals surface area contributed by atoms with Crippen LogP contribution in [0.4, 0.5) is 5.69 Å². The molecule has 1 unspecified atom stereocenters. The second-order valence-corrected chi connectivity index (χ2v) is 5.67. The standard InChI is InChI=1S/C16H25N3O/c1-3-9-19(11-13-5-4-6-14(17)10-13)12(2)16(20)18-15-7-8-15/h4-6,10,12,15H,3,7-9,11,17H2,1-2H3,(H,18,20). The first-order valence-electron chi connectivity index (χ1n) is 7.49. The zero-order valence-corrected chi connectivity index (χ0v) is 12.4. The summed E-state index contributed by atoms with van der Waals surface area (Å²) in [4.78, 5) is 14.4. The number of nitrogens with two attached hydrogens (primary N) is 1. The molecule has 0 heterocycles. The second kappa shape index (κ2) is 6.75. The maximum absolute atomic E-state index is 12.2. The Hall–Kier alpha value is -1.55. The quantitative estimate of drug-likeness (QED) is 0.750. The van der Waals surface area contributed by atoms with Crippen molar-refractivity contribution in [2.45, 2.75) is 51.7 Å². The van der Waals surface area contributed by atoms with Crippen molar-refractivity contribution in [2.24, 2.45) is 0 Å². The van der Waals surface area contributed by atoms with E-state index in [2.05, 4.69) is 23.2 Å². The molecule has 4 nitrogen and oxygen atoms in total. The van der Waals surface area contributed by atoms with E-state index in [9.17, 15) is 4.79 Å². The molecule has 1 aliphatic rings. The van der Waals surface area contributed by atoms with Gasteiger partial charge in [-0.15, -0.1) is 0 Å².